The van der Waals surface area contributed by atoms with E-state index in [2.05, 4.69) is 63.3 Å². The summed E-state index contributed by atoms with van der Waals surface area (Å²) in [7, 11) is 1.82. The number of rotatable bonds is 8. The van der Waals surface area contributed by atoms with Gasteiger partial charge in [-0.05, 0) is 30.9 Å². The van der Waals surface area contributed by atoms with Crippen molar-refractivity contribution >= 4 is 11.8 Å². The second kappa shape index (κ2) is 12.2. The van der Waals surface area contributed by atoms with Crippen molar-refractivity contribution in [1.82, 2.24) is 20.5 Å². The minimum Gasteiger partial charge on any atom is -0.379 e. The van der Waals surface area contributed by atoms with Gasteiger partial charge >= 0.3 is 0 Å². The van der Waals surface area contributed by atoms with E-state index in [1.807, 2.05) is 13.2 Å². The lowest BCUT2D eigenvalue weighted by atomic mass is 10.0. The number of guanidine groups is 1. The van der Waals surface area contributed by atoms with Gasteiger partial charge in [-0.25, -0.2) is 4.98 Å². The van der Waals surface area contributed by atoms with Crippen LogP contribution in [0.2, 0.25) is 0 Å². The fourth-order valence-electron chi connectivity index (χ4n) is 4.20. The minimum atomic E-state index is 0.253. The monoisotopic (exact) mass is 432 g/mol. The van der Waals surface area contributed by atoms with E-state index in [1.165, 1.54) is 0 Å². The molecule has 0 bridgehead atoms. The zero-order chi connectivity index (χ0) is 22.1. The summed E-state index contributed by atoms with van der Waals surface area (Å²) < 4.78 is 11.1. The van der Waals surface area contributed by atoms with E-state index >= 15 is 0 Å². The van der Waals surface area contributed by atoms with Crippen LogP contribution in [0, 0.1) is 5.92 Å². The van der Waals surface area contributed by atoms with Crippen LogP contribution in [0.4, 0.5) is 5.82 Å². The Morgan fingerprint density at radius 1 is 1.19 bits per heavy atom. The molecule has 8 heteroatoms. The topological polar surface area (TPSA) is 74.2 Å². The number of ether oxygens (including phenoxy) is 2. The molecular weight excluding hydrogens is 392 g/mol. The number of hydrogen-bond acceptors (Lipinski definition) is 6. The zero-order valence-corrected chi connectivity index (χ0v) is 19.6. The van der Waals surface area contributed by atoms with E-state index in [0.29, 0.717) is 18.5 Å². The molecule has 31 heavy (non-hydrogen) atoms. The second-order valence-corrected chi connectivity index (χ2v) is 8.89. The molecule has 2 fully saturated rings. The number of nitrogens with zero attached hydrogens (tertiary/aromatic N) is 4. The number of hydrogen-bond donors (Lipinski definition) is 2. The third kappa shape index (κ3) is 7.63. The molecule has 0 radical (unpaired) electrons. The Labute approximate surface area is 187 Å². The normalized spacial score (nSPS) is 21.9. The first kappa shape index (κ1) is 23.8. The fraction of sp³-hybridized carbons (Fsp3) is 0.739. The summed E-state index contributed by atoms with van der Waals surface area (Å²) in [6.07, 6.45) is 3.36. The first-order valence-electron chi connectivity index (χ1n) is 11.6. The van der Waals surface area contributed by atoms with E-state index in [4.69, 9.17) is 9.47 Å². The quantitative estimate of drug-likeness (QED) is 0.479. The Kier molecular flexibility index (Phi) is 9.36. The van der Waals surface area contributed by atoms with E-state index < -0.39 is 0 Å². The van der Waals surface area contributed by atoms with Crippen LogP contribution in [0.5, 0.6) is 0 Å². The van der Waals surface area contributed by atoms with Crippen molar-refractivity contribution < 1.29 is 9.47 Å². The number of aliphatic imine (C=N–C) groups is 1. The van der Waals surface area contributed by atoms with Crippen LogP contribution in [0.15, 0.2) is 23.3 Å². The Morgan fingerprint density at radius 3 is 2.65 bits per heavy atom. The van der Waals surface area contributed by atoms with E-state index in [-0.39, 0.29) is 6.10 Å². The number of anilines is 1. The number of pyridine rings is 1. The van der Waals surface area contributed by atoms with Gasteiger partial charge in [0.25, 0.3) is 0 Å². The maximum Gasteiger partial charge on any atom is 0.191 e. The van der Waals surface area contributed by atoms with Crippen molar-refractivity contribution in [2.24, 2.45) is 10.9 Å². The largest absolute Gasteiger partial charge is 0.379 e. The Hall–Kier alpha value is -1.90. The van der Waals surface area contributed by atoms with E-state index in [1.54, 1.807) is 0 Å². The van der Waals surface area contributed by atoms with Crippen molar-refractivity contribution in [2.45, 2.75) is 45.9 Å². The summed E-state index contributed by atoms with van der Waals surface area (Å²) in [4.78, 5) is 13.9. The van der Waals surface area contributed by atoms with Gasteiger partial charge in [0.05, 0.1) is 25.9 Å². The molecule has 2 saturated heterocycles. The van der Waals surface area contributed by atoms with Crippen LogP contribution in [-0.2, 0) is 16.0 Å². The number of aromatic nitrogens is 1. The summed E-state index contributed by atoms with van der Waals surface area (Å²) in [5.41, 5.74) is 1.14. The van der Waals surface area contributed by atoms with Crippen molar-refractivity contribution in [2.75, 3.05) is 64.5 Å². The molecule has 0 aromatic carbocycles. The molecule has 2 unspecified atom stereocenters. The average Bonchev–Trinajstić information content (AvgIpc) is 2.79. The van der Waals surface area contributed by atoms with Crippen molar-refractivity contribution in [3.63, 3.8) is 0 Å². The summed E-state index contributed by atoms with van der Waals surface area (Å²) in [6, 6.07) is 4.72. The van der Waals surface area contributed by atoms with Gasteiger partial charge in [0, 0.05) is 58.6 Å². The van der Waals surface area contributed by atoms with Crippen molar-refractivity contribution in [3.05, 3.63) is 23.9 Å². The first-order chi connectivity index (χ1) is 15.0. The molecule has 3 heterocycles. The summed E-state index contributed by atoms with van der Waals surface area (Å²) in [5.74, 6) is 2.50. The standard InChI is InChI=1S/C23H40N6O2/c1-18(2)13-21(28-7-10-30-11-8-28)16-27-23(24-4)26-15-20-5-6-22(25-14-20)29-9-12-31-19(3)17-29/h5-6,14,18-19,21H,7-13,15-17H2,1-4H3,(H2,24,26,27). The molecule has 174 valence electrons. The van der Waals surface area contributed by atoms with E-state index in [9.17, 15) is 0 Å². The Balaban J connectivity index is 1.47. The third-order valence-electron chi connectivity index (χ3n) is 5.87. The maximum atomic E-state index is 5.62. The van der Waals surface area contributed by atoms with Gasteiger partial charge in [-0.1, -0.05) is 19.9 Å². The zero-order valence-electron chi connectivity index (χ0n) is 19.6. The van der Waals surface area contributed by atoms with Gasteiger partial charge < -0.3 is 25.0 Å². The first-order valence-corrected chi connectivity index (χ1v) is 11.6. The number of morpholine rings is 2. The molecule has 1 aromatic heterocycles. The predicted molar refractivity (Wildman–Crippen MR) is 126 cm³/mol. The lowest BCUT2D eigenvalue weighted by Crippen LogP contribution is -2.50. The van der Waals surface area contributed by atoms with Crippen LogP contribution in [-0.4, -0.2) is 87.6 Å². The van der Waals surface area contributed by atoms with Crippen molar-refractivity contribution in [3.8, 4) is 0 Å². The third-order valence-corrected chi connectivity index (χ3v) is 5.87. The summed E-state index contributed by atoms with van der Waals surface area (Å²) >= 11 is 0. The summed E-state index contributed by atoms with van der Waals surface area (Å²) in [6.45, 7) is 14.5. The lowest BCUT2D eigenvalue weighted by Gasteiger charge is -2.35. The highest BCUT2D eigenvalue weighted by Crippen LogP contribution is 2.16. The molecule has 1 aromatic rings. The molecule has 8 nitrogen and oxygen atoms in total. The maximum absolute atomic E-state index is 5.62. The number of nitrogens with one attached hydrogen (secondary N) is 2. The Bertz CT molecular complexity index is 675. The molecule has 3 rings (SSSR count). The van der Waals surface area contributed by atoms with Crippen LogP contribution in [0.25, 0.3) is 0 Å². The molecule has 2 atom stereocenters. The smallest absolute Gasteiger partial charge is 0.191 e. The molecule has 2 aliphatic rings. The van der Waals surface area contributed by atoms with Gasteiger partial charge in [0.15, 0.2) is 5.96 Å². The SMILES string of the molecule is CN=C(NCc1ccc(N2CCOC(C)C2)nc1)NCC(CC(C)C)N1CCOCC1. The Morgan fingerprint density at radius 2 is 2.00 bits per heavy atom. The van der Waals surface area contributed by atoms with Gasteiger partial charge in [-0.2, -0.15) is 0 Å². The van der Waals surface area contributed by atoms with Gasteiger partial charge in [-0.15, -0.1) is 0 Å². The van der Waals surface area contributed by atoms with Crippen LogP contribution >= 0.6 is 0 Å². The highest BCUT2D eigenvalue weighted by atomic mass is 16.5. The van der Waals surface area contributed by atoms with Crippen molar-refractivity contribution in [1.29, 1.82) is 0 Å². The molecule has 0 spiro atoms. The molecular formula is C23H40N6O2. The highest BCUT2D eigenvalue weighted by molar-refractivity contribution is 5.79. The average molecular weight is 433 g/mol. The highest BCUT2D eigenvalue weighted by Gasteiger charge is 2.22. The van der Waals surface area contributed by atoms with E-state index in [0.717, 1.165) is 76.3 Å². The lowest BCUT2D eigenvalue weighted by molar-refractivity contribution is 0.0132. The molecule has 2 aliphatic heterocycles. The summed E-state index contributed by atoms with van der Waals surface area (Å²) in [5, 5.41) is 6.95. The van der Waals surface area contributed by atoms with Gasteiger partial charge in [0.2, 0.25) is 0 Å². The molecule has 0 amide bonds. The van der Waals surface area contributed by atoms with Crippen LogP contribution < -0.4 is 15.5 Å². The fourth-order valence-corrected chi connectivity index (χ4v) is 4.20. The second-order valence-electron chi connectivity index (χ2n) is 8.89. The predicted octanol–water partition coefficient (Wildman–Crippen LogP) is 1.72. The van der Waals surface area contributed by atoms with Gasteiger partial charge in [-0.3, -0.25) is 9.89 Å². The minimum absolute atomic E-state index is 0.253. The molecule has 2 N–H and O–H groups in total. The molecule has 0 saturated carbocycles. The van der Waals surface area contributed by atoms with Crippen LogP contribution in [0.3, 0.4) is 0 Å². The van der Waals surface area contributed by atoms with Gasteiger partial charge in [0.1, 0.15) is 5.82 Å². The van der Waals surface area contributed by atoms with Crippen LogP contribution in [0.1, 0.15) is 32.8 Å². The molecule has 0 aliphatic carbocycles.